The van der Waals surface area contributed by atoms with Crippen molar-refractivity contribution < 1.29 is 9.32 Å². The monoisotopic (exact) mass is 423 g/mol. The predicted molar refractivity (Wildman–Crippen MR) is 119 cm³/mol. The summed E-state index contributed by atoms with van der Waals surface area (Å²) in [5, 5.41) is 4.16. The summed E-state index contributed by atoms with van der Waals surface area (Å²) in [5.41, 5.74) is 0.887. The molecule has 0 bridgehead atoms. The number of pyridine rings is 1. The highest BCUT2D eigenvalue weighted by Crippen LogP contribution is 2.34. The van der Waals surface area contributed by atoms with Crippen molar-refractivity contribution in [3.8, 4) is 11.4 Å². The fourth-order valence-corrected chi connectivity index (χ4v) is 5.37. The molecule has 7 heteroatoms. The molecule has 5 rings (SSSR count). The van der Waals surface area contributed by atoms with E-state index in [2.05, 4.69) is 20.0 Å². The number of aromatic nitrogens is 3. The number of carbonyl (C=O) groups is 1. The fourth-order valence-electron chi connectivity index (χ4n) is 5.37. The summed E-state index contributed by atoms with van der Waals surface area (Å²) in [6.07, 6.45) is 13.7. The Morgan fingerprint density at radius 2 is 1.74 bits per heavy atom. The third kappa shape index (κ3) is 4.75. The highest BCUT2D eigenvalue weighted by molar-refractivity contribution is 5.76. The van der Waals surface area contributed by atoms with Crippen LogP contribution in [0.4, 0.5) is 5.82 Å². The van der Waals surface area contributed by atoms with E-state index in [0.29, 0.717) is 24.1 Å². The summed E-state index contributed by atoms with van der Waals surface area (Å²) in [6.45, 7) is 3.22. The molecule has 0 spiro atoms. The summed E-state index contributed by atoms with van der Waals surface area (Å²) in [7, 11) is 0. The Morgan fingerprint density at radius 3 is 2.45 bits per heavy atom. The van der Waals surface area contributed by atoms with Crippen LogP contribution in [0.3, 0.4) is 0 Å². The van der Waals surface area contributed by atoms with Crippen LogP contribution < -0.4 is 4.90 Å². The molecule has 2 aliphatic carbocycles. The number of anilines is 1. The van der Waals surface area contributed by atoms with Crippen LogP contribution in [0.5, 0.6) is 0 Å². The number of hydrogen-bond donors (Lipinski definition) is 0. The molecule has 1 aliphatic heterocycles. The molecule has 0 aromatic carbocycles. The fraction of sp³-hybridized carbons (Fsp3) is 0.667. The van der Waals surface area contributed by atoms with Crippen LogP contribution in [-0.2, 0) is 4.79 Å². The topological polar surface area (TPSA) is 75.4 Å². The van der Waals surface area contributed by atoms with Crippen LogP contribution in [0.15, 0.2) is 22.9 Å². The molecule has 2 saturated carbocycles. The summed E-state index contributed by atoms with van der Waals surface area (Å²) in [6, 6.07) is 4.04. The van der Waals surface area contributed by atoms with Gasteiger partial charge in [-0.05, 0) is 37.3 Å². The Labute approximate surface area is 184 Å². The number of amides is 1. The first kappa shape index (κ1) is 20.5. The number of carbonyl (C=O) groups excluding carboxylic acids is 1. The molecule has 166 valence electrons. The molecule has 0 N–H and O–H groups in total. The van der Waals surface area contributed by atoms with E-state index in [1.807, 2.05) is 23.2 Å². The van der Waals surface area contributed by atoms with Crippen molar-refractivity contribution in [2.75, 3.05) is 31.1 Å². The van der Waals surface area contributed by atoms with Crippen LogP contribution in [0.2, 0.25) is 0 Å². The second-order valence-electron chi connectivity index (χ2n) is 9.40. The van der Waals surface area contributed by atoms with Crippen LogP contribution in [0.25, 0.3) is 11.4 Å². The smallest absolute Gasteiger partial charge is 0.230 e. The number of piperazine rings is 1. The molecule has 0 unspecified atom stereocenters. The molecule has 3 aliphatic rings. The van der Waals surface area contributed by atoms with Crippen molar-refractivity contribution >= 4 is 11.7 Å². The summed E-state index contributed by atoms with van der Waals surface area (Å²) in [4.78, 5) is 26.1. The zero-order valence-corrected chi connectivity index (χ0v) is 18.3. The minimum absolute atomic E-state index is 0.324. The molecule has 0 radical (unpaired) electrons. The summed E-state index contributed by atoms with van der Waals surface area (Å²) in [5.74, 6) is 3.86. The van der Waals surface area contributed by atoms with Crippen LogP contribution in [-0.4, -0.2) is 52.1 Å². The van der Waals surface area contributed by atoms with Gasteiger partial charge in [0.25, 0.3) is 0 Å². The molecule has 1 saturated heterocycles. The molecular formula is C24H33N5O2. The average Bonchev–Trinajstić information content (AvgIpc) is 3.60. The van der Waals surface area contributed by atoms with Gasteiger partial charge in [-0.2, -0.15) is 4.98 Å². The number of hydrogen-bond acceptors (Lipinski definition) is 6. The van der Waals surface area contributed by atoms with E-state index in [9.17, 15) is 4.79 Å². The highest BCUT2D eigenvalue weighted by Gasteiger charge is 2.25. The Bertz CT molecular complexity index is 860. The first-order valence-corrected chi connectivity index (χ1v) is 12.1. The predicted octanol–water partition coefficient (Wildman–Crippen LogP) is 4.41. The SMILES string of the molecule is O=C(CCC1CCCC1)N1CCN(c2ccc(-c3noc(C4CCCC4)n3)cn2)CC1. The van der Waals surface area contributed by atoms with Gasteiger partial charge in [0.1, 0.15) is 5.82 Å². The lowest BCUT2D eigenvalue weighted by Gasteiger charge is -2.35. The van der Waals surface area contributed by atoms with Gasteiger partial charge < -0.3 is 14.3 Å². The van der Waals surface area contributed by atoms with E-state index in [1.54, 1.807) is 0 Å². The minimum Gasteiger partial charge on any atom is -0.353 e. The van der Waals surface area contributed by atoms with Gasteiger partial charge >= 0.3 is 0 Å². The minimum atomic E-state index is 0.324. The second-order valence-corrected chi connectivity index (χ2v) is 9.40. The Kier molecular flexibility index (Phi) is 6.18. The highest BCUT2D eigenvalue weighted by atomic mass is 16.5. The number of rotatable bonds is 6. The molecule has 0 atom stereocenters. The van der Waals surface area contributed by atoms with Crippen LogP contribution >= 0.6 is 0 Å². The van der Waals surface area contributed by atoms with Gasteiger partial charge in [0.2, 0.25) is 17.6 Å². The Balaban J connectivity index is 1.13. The third-order valence-corrected chi connectivity index (χ3v) is 7.35. The number of nitrogens with zero attached hydrogens (tertiary/aromatic N) is 5. The lowest BCUT2D eigenvalue weighted by molar-refractivity contribution is -0.131. The van der Waals surface area contributed by atoms with Gasteiger partial charge in [0.05, 0.1) is 0 Å². The zero-order valence-electron chi connectivity index (χ0n) is 18.3. The van der Waals surface area contributed by atoms with Crippen LogP contribution in [0.1, 0.15) is 76.0 Å². The van der Waals surface area contributed by atoms with Gasteiger partial charge in [-0.15, -0.1) is 0 Å². The maximum atomic E-state index is 12.6. The van der Waals surface area contributed by atoms with Crippen molar-refractivity contribution in [2.24, 2.45) is 5.92 Å². The van der Waals surface area contributed by atoms with Gasteiger partial charge in [0, 0.05) is 50.3 Å². The van der Waals surface area contributed by atoms with Gasteiger partial charge in [-0.25, -0.2) is 4.98 Å². The molecule has 31 heavy (non-hydrogen) atoms. The second kappa shape index (κ2) is 9.37. The average molecular weight is 424 g/mol. The lowest BCUT2D eigenvalue weighted by atomic mass is 10.0. The van der Waals surface area contributed by atoms with E-state index < -0.39 is 0 Å². The molecule has 1 amide bonds. The van der Waals surface area contributed by atoms with Gasteiger partial charge in [0.15, 0.2) is 0 Å². The Hall–Kier alpha value is -2.44. The standard InChI is InChI=1S/C24H33N5O2/c30-22(12-9-18-5-1-2-6-18)29-15-13-28(14-16-29)21-11-10-20(17-25-21)23-26-24(31-27-23)19-7-3-4-8-19/h10-11,17-19H,1-9,12-16H2. The van der Waals surface area contributed by atoms with Crippen molar-refractivity contribution in [1.29, 1.82) is 0 Å². The van der Waals surface area contributed by atoms with Gasteiger partial charge in [-0.3, -0.25) is 4.79 Å². The van der Waals surface area contributed by atoms with Crippen molar-refractivity contribution in [1.82, 2.24) is 20.0 Å². The van der Waals surface area contributed by atoms with Gasteiger partial charge in [-0.1, -0.05) is 43.7 Å². The van der Waals surface area contributed by atoms with E-state index >= 15 is 0 Å². The molecular weight excluding hydrogens is 390 g/mol. The summed E-state index contributed by atoms with van der Waals surface area (Å²) < 4.78 is 5.50. The lowest BCUT2D eigenvalue weighted by Crippen LogP contribution is -2.49. The van der Waals surface area contributed by atoms with E-state index in [4.69, 9.17) is 4.52 Å². The molecule has 7 nitrogen and oxygen atoms in total. The maximum absolute atomic E-state index is 12.6. The Morgan fingerprint density at radius 1 is 1.00 bits per heavy atom. The third-order valence-electron chi connectivity index (χ3n) is 7.35. The first-order chi connectivity index (χ1) is 15.3. The molecule has 3 fully saturated rings. The normalized spacial score (nSPS) is 20.6. The summed E-state index contributed by atoms with van der Waals surface area (Å²) >= 11 is 0. The quantitative estimate of drug-likeness (QED) is 0.685. The van der Waals surface area contributed by atoms with Crippen molar-refractivity contribution in [3.63, 3.8) is 0 Å². The van der Waals surface area contributed by atoms with E-state index in [0.717, 1.165) is 68.6 Å². The molecule has 2 aromatic rings. The van der Waals surface area contributed by atoms with Crippen molar-refractivity contribution in [3.05, 3.63) is 24.2 Å². The molecule has 2 aromatic heterocycles. The maximum Gasteiger partial charge on any atom is 0.230 e. The van der Waals surface area contributed by atoms with Crippen molar-refractivity contribution in [2.45, 2.75) is 70.1 Å². The van der Waals surface area contributed by atoms with Crippen LogP contribution in [0, 0.1) is 5.92 Å². The first-order valence-electron chi connectivity index (χ1n) is 12.1. The molecule has 3 heterocycles. The van der Waals surface area contributed by atoms with E-state index in [1.165, 1.54) is 38.5 Å². The largest absolute Gasteiger partial charge is 0.353 e. The zero-order chi connectivity index (χ0) is 21.0. The van der Waals surface area contributed by atoms with E-state index in [-0.39, 0.29) is 0 Å².